The van der Waals surface area contributed by atoms with Gasteiger partial charge in [-0.2, -0.15) is 0 Å². The zero-order chi connectivity index (χ0) is 33.9. The molecule has 0 bridgehead atoms. The number of benzene rings is 8. The third kappa shape index (κ3) is 4.46. The second kappa shape index (κ2) is 11.8. The second-order valence-corrected chi connectivity index (χ2v) is 14.3. The lowest BCUT2D eigenvalue weighted by molar-refractivity contribution is 0.793. The summed E-state index contributed by atoms with van der Waals surface area (Å²) in [6, 6.07) is 71.1. The summed E-state index contributed by atoms with van der Waals surface area (Å²) in [5.74, 6) is 0. The molecule has 1 nitrogen and oxygen atoms in total. The van der Waals surface area contributed by atoms with Crippen molar-refractivity contribution in [2.75, 3.05) is 4.90 Å². The van der Waals surface area contributed by atoms with Crippen LogP contribution in [0.5, 0.6) is 0 Å². The molecule has 0 fully saturated rings. The quantitative estimate of drug-likeness (QED) is 0.172. The van der Waals surface area contributed by atoms with Crippen molar-refractivity contribution in [3.63, 3.8) is 0 Å². The standard InChI is InChI=1S/C49H32BrN/c50-35-27-29-41-42-30-28-36(32-46(42)49(45(41)31-35)43-23-11-7-21-39(43)40-22-8-12-24-44(40)49)51(47-25-13-9-19-37(47)33-15-3-1-4-16-33)48-26-14-10-20-38(48)34-17-5-2-6-18-34/h1-32H. The summed E-state index contributed by atoms with van der Waals surface area (Å²) < 4.78 is 1.09. The highest BCUT2D eigenvalue weighted by atomic mass is 79.9. The van der Waals surface area contributed by atoms with Crippen molar-refractivity contribution in [2.45, 2.75) is 5.41 Å². The highest BCUT2D eigenvalue weighted by Crippen LogP contribution is 2.63. The van der Waals surface area contributed by atoms with Gasteiger partial charge in [0.1, 0.15) is 0 Å². The van der Waals surface area contributed by atoms with E-state index in [1.54, 1.807) is 0 Å². The molecule has 0 radical (unpaired) electrons. The Labute approximate surface area is 307 Å². The largest absolute Gasteiger partial charge is 0.309 e. The Morgan fingerprint density at radius 2 is 0.745 bits per heavy atom. The van der Waals surface area contributed by atoms with E-state index in [-0.39, 0.29) is 0 Å². The molecule has 8 aromatic carbocycles. The van der Waals surface area contributed by atoms with E-state index < -0.39 is 5.41 Å². The topological polar surface area (TPSA) is 3.24 Å². The van der Waals surface area contributed by atoms with E-state index in [4.69, 9.17) is 0 Å². The van der Waals surface area contributed by atoms with Crippen LogP contribution in [0.25, 0.3) is 44.5 Å². The van der Waals surface area contributed by atoms with E-state index >= 15 is 0 Å². The van der Waals surface area contributed by atoms with Gasteiger partial charge in [-0.15, -0.1) is 0 Å². The molecule has 1 spiro atoms. The fourth-order valence-electron chi connectivity index (χ4n) is 8.71. The third-order valence-corrected chi connectivity index (χ3v) is 11.2. The maximum absolute atomic E-state index is 3.87. The number of halogens is 1. The average molecular weight is 715 g/mol. The molecule has 0 heterocycles. The van der Waals surface area contributed by atoms with Crippen LogP contribution in [0.15, 0.2) is 199 Å². The predicted octanol–water partition coefficient (Wildman–Crippen LogP) is 13.6. The number of anilines is 3. The van der Waals surface area contributed by atoms with Crippen LogP contribution >= 0.6 is 15.9 Å². The number of hydrogen-bond acceptors (Lipinski definition) is 1. The highest BCUT2D eigenvalue weighted by molar-refractivity contribution is 9.10. The van der Waals surface area contributed by atoms with Crippen molar-refractivity contribution in [3.05, 3.63) is 221 Å². The number of hydrogen-bond donors (Lipinski definition) is 0. The zero-order valence-corrected chi connectivity index (χ0v) is 29.4. The van der Waals surface area contributed by atoms with Gasteiger partial charge in [-0.05, 0) is 92.0 Å². The van der Waals surface area contributed by atoms with Gasteiger partial charge in [0.25, 0.3) is 0 Å². The maximum Gasteiger partial charge on any atom is 0.0726 e. The summed E-state index contributed by atoms with van der Waals surface area (Å²) >= 11 is 3.87. The molecule has 8 aromatic rings. The van der Waals surface area contributed by atoms with Crippen molar-refractivity contribution in [2.24, 2.45) is 0 Å². The normalized spacial score (nSPS) is 13.0. The van der Waals surface area contributed by atoms with E-state index in [1.165, 1.54) is 66.8 Å². The Kier molecular flexibility index (Phi) is 6.94. The second-order valence-electron chi connectivity index (χ2n) is 13.4. The Morgan fingerprint density at radius 3 is 1.29 bits per heavy atom. The lowest BCUT2D eigenvalue weighted by Crippen LogP contribution is -2.26. The molecular weight excluding hydrogens is 682 g/mol. The smallest absolute Gasteiger partial charge is 0.0726 e. The number of nitrogens with zero attached hydrogens (tertiary/aromatic N) is 1. The van der Waals surface area contributed by atoms with E-state index in [9.17, 15) is 0 Å². The third-order valence-electron chi connectivity index (χ3n) is 10.8. The summed E-state index contributed by atoms with van der Waals surface area (Å²) in [4.78, 5) is 2.48. The van der Waals surface area contributed by atoms with Gasteiger partial charge in [0.05, 0.1) is 16.8 Å². The van der Waals surface area contributed by atoms with Crippen molar-refractivity contribution in [1.29, 1.82) is 0 Å². The zero-order valence-electron chi connectivity index (χ0n) is 27.8. The van der Waals surface area contributed by atoms with Gasteiger partial charge in [-0.25, -0.2) is 0 Å². The molecule has 0 unspecified atom stereocenters. The Bertz CT molecular complexity index is 2480. The minimum atomic E-state index is -0.457. The molecule has 10 rings (SSSR count). The first-order chi connectivity index (χ1) is 25.2. The number of rotatable bonds is 5. The number of para-hydroxylation sites is 2. The van der Waals surface area contributed by atoms with Gasteiger partial charge in [-0.1, -0.05) is 174 Å². The van der Waals surface area contributed by atoms with Crippen LogP contribution < -0.4 is 4.90 Å². The van der Waals surface area contributed by atoms with Gasteiger partial charge < -0.3 is 4.90 Å². The van der Waals surface area contributed by atoms with Crippen molar-refractivity contribution in [3.8, 4) is 44.5 Å². The summed E-state index contributed by atoms with van der Waals surface area (Å²) in [7, 11) is 0. The molecule has 2 aliphatic carbocycles. The lowest BCUT2D eigenvalue weighted by atomic mass is 9.70. The maximum atomic E-state index is 3.87. The molecule has 0 atom stereocenters. The molecule has 0 aromatic heterocycles. The molecule has 0 amide bonds. The number of fused-ring (bicyclic) bond motifs is 10. The van der Waals surface area contributed by atoms with Gasteiger partial charge in [-0.3, -0.25) is 0 Å². The molecule has 0 aliphatic heterocycles. The monoisotopic (exact) mass is 713 g/mol. The summed E-state index contributed by atoms with van der Waals surface area (Å²) in [6.45, 7) is 0. The van der Waals surface area contributed by atoms with Crippen LogP contribution in [-0.2, 0) is 5.41 Å². The summed E-state index contributed by atoms with van der Waals surface area (Å²) in [5, 5.41) is 0. The molecule has 2 heteroatoms. The SMILES string of the molecule is Brc1ccc2c(c1)C1(c3ccccc3-c3ccccc31)c1cc(N(c3ccccc3-c3ccccc3)c3ccccc3-c3ccccc3)ccc1-2. The van der Waals surface area contributed by atoms with Gasteiger partial charge in [0, 0.05) is 21.3 Å². The van der Waals surface area contributed by atoms with Crippen LogP contribution in [0, 0.1) is 0 Å². The molecule has 0 N–H and O–H groups in total. The van der Waals surface area contributed by atoms with Gasteiger partial charge in [0.15, 0.2) is 0 Å². The van der Waals surface area contributed by atoms with Crippen LogP contribution in [0.3, 0.4) is 0 Å². The Hall–Kier alpha value is -5.96. The van der Waals surface area contributed by atoms with Crippen LogP contribution in [-0.4, -0.2) is 0 Å². The Balaban J connectivity index is 1.29. The van der Waals surface area contributed by atoms with E-state index in [2.05, 4.69) is 215 Å². The van der Waals surface area contributed by atoms with Crippen LogP contribution in [0.1, 0.15) is 22.3 Å². The van der Waals surface area contributed by atoms with Crippen molar-refractivity contribution >= 4 is 33.0 Å². The van der Waals surface area contributed by atoms with Crippen LogP contribution in [0.4, 0.5) is 17.1 Å². The first kappa shape index (κ1) is 29.9. The molecule has 240 valence electrons. The minimum Gasteiger partial charge on any atom is -0.309 e. The van der Waals surface area contributed by atoms with E-state index in [0.717, 1.165) is 21.5 Å². The molecule has 2 aliphatic rings. The summed E-state index contributed by atoms with van der Waals surface area (Å²) in [5.41, 5.74) is 18.1. The van der Waals surface area contributed by atoms with Crippen molar-refractivity contribution in [1.82, 2.24) is 0 Å². The molecule has 51 heavy (non-hydrogen) atoms. The fourth-order valence-corrected chi connectivity index (χ4v) is 9.07. The lowest BCUT2D eigenvalue weighted by Gasteiger charge is -2.33. The van der Waals surface area contributed by atoms with Gasteiger partial charge >= 0.3 is 0 Å². The molecule has 0 saturated carbocycles. The first-order valence-electron chi connectivity index (χ1n) is 17.5. The Morgan fingerprint density at radius 1 is 0.333 bits per heavy atom. The van der Waals surface area contributed by atoms with Crippen molar-refractivity contribution < 1.29 is 0 Å². The van der Waals surface area contributed by atoms with Gasteiger partial charge in [0.2, 0.25) is 0 Å². The first-order valence-corrected chi connectivity index (χ1v) is 18.3. The average Bonchev–Trinajstić information content (AvgIpc) is 3.66. The predicted molar refractivity (Wildman–Crippen MR) is 216 cm³/mol. The fraction of sp³-hybridized carbons (Fsp3) is 0.0204. The highest BCUT2D eigenvalue weighted by Gasteiger charge is 2.51. The van der Waals surface area contributed by atoms with E-state index in [1.807, 2.05) is 0 Å². The minimum absolute atomic E-state index is 0.457. The molecular formula is C49H32BrN. The summed E-state index contributed by atoms with van der Waals surface area (Å²) in [6.07, 6.45) is 0. The van der Waals surface area contributed by atoms with Crippen LogP contribution in [0.2, 0.25) is 0 Å². The van der Waals surface area contributed by atoms with E-state index in [0.29, 0.717) is 0 Å². The molecule has 0 saturated heterocycles.